The van der Waals surface area contributed by atoms with Gasteiger partial charge < -0.3 is 15.5 Å². The van der Waals surface area contributed by atoms with E-state index in [-0.39, 0.29) is 41.7 Å². The highest BCUT2D eigenvalue weighted by Crippen LogP contribution is 2.31. The van der Waals surface area contributed by atoms with Gasteiger partial charge in [0.1, 0.15) is 0 Å². The maximum absolute atomic E-state index is 12.9. The smallest absolute Gasteiger partial charge is 0.335 e. The summed E-state index contributed by atoms with van der Waals surface area (Å²) in [6, 6.07) is 10.8. The number of aromatic carboxylic acids is 2. The predicted molar refractivity (Wildman–Crippen MR) is 159 cm³/mol. The van der Waals surface area contributed by atoms with E-state index in [4.69, 9.17) is 10.2 Å². The number of carboxylic acids is 2. The van der Waals surface area contributed by atoms with Gasteiger partial charge in [-0.3, -0.25) is 4.98 Å². The summed E-state index contributed by atoms with van der Waals surface area (Å²) < 4.78 is 27.1. The molecule has 9 nitrogen and oxygen atoms in total. The van der Waals surface area contributed by atoms with Crippen LogP contribution >= 0.6 is 36.2 Å². The Balaban J connectivity index is 0.000000463. The lowest BCUT2D eigenvalue weighted by Crippen LogP contribution is -2.15. The second-order valence-electron chi connectivity index (χ2n) is 7.79. The molecule has 3 heterocycles. The van der Waals surface area contributed by atoms with Gasteiger partial charge in [-0.1, -0.05) is 24.3 Å². The highest BCUT2D eigenvalue weighted by Gasteiger charge is 2.19. The molecule has 0 amide bonds. The summed E-state index contributed by atoms with van der Waals surface area (Å²) in [7, 11) is -1.74. The maximum Gasteiger partial charge on any atom is 0.335 e. The van der Waals surface area contributed by atoms with E-state index in [0.29, 0.717) is 5.69 Å². The lowest BCUT2D eigenvalue weighted by Gasteiger charge is -2.08. The van der Waals surface area contributed by atoms with Gasteiger partial charge in [-0.15, -0.1) is 24.8 Å². The van der Waals surface area contributed by atoms with Crippen LogP contribution in [-0.4, -0.2) is 52.3 Å². The minimum absolute atomic E-state index is 0. The second-order valence-corrected chi connectivity index (χ2v) is 10.4. The molecule has 3 aromatic heterocycles. The van der Waals surface area contributed by atoms with Gasteiger partial charge in [0.25, 0.3) is 0 Å². The SMILES string of the molecule is CNc1cc(-c2cscc2C)n(S(=O)(=O)CC=Cc2cccnc2)c1.Cl.Cl.O=C(O)c1cccc(C(=O)O)c1. The van der Waals surface area contributed by atoms with Crippen LogP contribution in [0.15, 0.2) is 77.9 Å². The lowest BCUT2D eigenvalue weighted by atomic mass is 10.1. The number of benzene rings is 1. The third-order valence-corrected chi connectivity index (χ3v) is 7.54. The van der Waals surface area contributed by atoms with Crippen LogP contribution in [0, 0.1) is 6.92 Å². The molecule has 0 aliphatic rings. The third kappa shape index (κ3) is 8.96. The van der Waals surface area contributed by atoms with Crippen LogP contribution in [0.25, 0.3) is 17.3 Å². The van der Waals surface area contributed by atoms with Crippen molar-refractivity contribution in [2.45, 2.75) is 6.92 Å². The number of rotatable bonds is 8. The summed E-state index contributed by atoms with van der Waals surface area (Å²) in [4.78, 5) is 24.8. The maximum atomic E-state index is 12.9. The van der Waals surface area contributed by atoms with E-state index in [9.17, 15) is 18.0 Å². The van der Waals surface area contributed by atoms with Crippen molar-refractivity contribution in [1.82, 2.24) is 8.96 Å². The first kappa shape index (κ1) is 33.4. The first-order chi connectivity index (χ1) is 17.6. The average Bonchev–Trinajstić information content (AvgIpc) is 3.51. The molecular formula is C26H27Cl2N3O6S2. The zero-order chi connectivity index (χ0) is 27.0. The second kappa shape index (κ2) is 15.1. The zero-order valence-electron chi connectivity index (χ0n) is 20.8. The Bertz CT molecular complexity index is 1500. The molecule has 13 heteroatoms. The van der Waals surface area contributed by atoms with Crippen LogP contribution in [0.1, 0.15) is 31.8 Å². The quantitative estimate of drug-likeness (QED) is 0.228. The van der Waals surface area contributed by atoms with Crippen LogP contribution in [0.4, 0.5) is 5.69 Å². The van der Waals surface area contributed by atoms with Crippen LogP contribution in [0.2, 0.25) is 0 Å². The van der Waals surface area contributed by atoms with E-state index >= 15 is 0 Å². The molecule has 0 spiro atoms. The minimum Gasteiger partial charge on any atom is -0.478 e. The summed E-state index contributed by atoms with van der Waals surface area (Å²) in [5.41, 5.74) is 4.28. The molecule has 3 N–H and O–H groups in total. The van der Waals surface area contributed by atoms with Gasteiger partial charge >= 0.3 is 11.9 Å². The van der Waals surface area contributed by atoms with Crippen molar-refractivity contribution in [3.8, 4) is 11.3 Å². The Hall–Kier alpha value is -3.64. The summed E-state index contributed by atoms with van der Waals surface area (Å²) in [5.74, 6) is -2.34. The van der Waals surface area contributed by atoms with E-state index in [2.05, 4.69) is 10.3 Å². The molecule has 0 aliphatic heterocycles. The molecule has 0 fully saturated rings. The standard InChI is InChI=1S/C18H19N3O2S2.C8H6O4.2ClH/c1-14-12-24-13-17(14)18-9-16(19-2)11-21(18)25(22,23)8-4-6-15-5-3-7-20-10-15;9-7(10)5-2-1-3-6(4-5)8(11)12;;/h3-7,9-13,19H,8H2,1-2H3;1-4H,(H,9,10)(H,11,12);2*1H. The predicted octanol–water partition coefficient (Wildman–Crippen LogP) is 5.78. The summed E-state index contributed by atoms with van der Waals surface area (Å²) in [6.07, 6.45) is 8.42. The fourth-order valence-electron chi connectivity index (χ4n) is 3.28. The lowest BCUT2D eigenvalue weighted by molar-refractivity contribution is 0.0696. The third-order valence-electron chi connectivity index (χ3n) is 5.16. The van der Waals surface area contributed by atoms with Crippen molar-refractivity contribution in [2.24, 2.45) is 0 Å². The number of anilines is 1. The van der Waals surface area contributed by atoms with Gasteiger partial charge in [0, 0.05) is 36.6 Å². The monoisotopic (exact) mass is 611 g/mol. The van der Waals surface area contributed by atoms with Crippen molar-refractivity contribution < 1.29 is 28.2 Å². The van der Waals surface area contributed by atoms with E-state index in [1.54, 1.807) is 49.1 Å². The molecule has 39 heavy (non-hydrogen) atoms. The zero-order valence-corrected chi connectivity index (χ0v) is 24.1. The molecule has 0 aliphatic carbocycles. The fourth-order valence-corrected chi connectivity index (χ4v) is 5.34. The van der Waals surface area contributed by atoms with Gasteiger partial charge in [0.2, 0.25) is 10.0 Å². The molecular weight excluding hydrogens is 585 g/mol. The Morgan fingerprint density at radius 2 is 1.72 bits per heavy atom. The number of hydrogen-bond donors (Lipinski definition) is 3. The average molecular weight is 613 g/mol. The van der Waals surface area contributed by atoms with Crippen LogP contribution < -0.4 is 5.32 Å². The van der Waals surface area contributed by atoms with Crippen LogP contribution in [0.5, 0.6) is 0 Å². The molecule has 0 saturated carbocycles. The van der Waals surface area contributed by atoms with Gasteiger partial charge in [-0.2, -0.15) is 11.3 Å². The molecule has 0 radical (unpaired) electrons. The number of carboxylic acid groups (broad SMARTS) is 2. The number of nitrogens with zero attached hydrogens (tertiary/aromatic N) is 2. The van der Waals surface area contributed by atoms with Crippen molar-refractivity contribution in [1.29, 1.82) is 0 Å². The van der Waals surface area contributed by atoms with Crippen molar-refractivity contribution in [3.63, 3.8) is 0 Å². The minimum atomic E-state index is -3.52. The largest absolute Gasteiger partial charge is 0.478 e. The fraction of sp³-hybridized carbons (Fsp3) is 0.115. The number of halogens is 2. The summed E-state index contributed by atoms with van der Waals surface area (Å²) in [6.45, 7) is 1.98. The Kier molecular flexibility index (Phi) is 12.9. The van der Waals surface area contributed by atoms with Crippen molar-refractivity contribution in [3.05, 3.63) is 100 Å². The van der Waals surface area contributed by atoms with E-state index in [1.165, 1.54) is 22.2 Å². The van der Waals surface area contributed by atoms with Gasteiger partial charge in [-0.05, 0) is 53.8 Å². The number of aromatic nitrogens is 2. The summed E-state index contributed by atoms with van der Waals surface area (Å²) in [5, 5.41) is 24.0. The number of aryl methyl sites for hydroxylation is 1. The number of pyridine rings is 1. The molecule has 4 rings (SSSR count). The summed E-state index contributed by atoms with van der Waals surface area (Å²) >= 11 is 1.56. The number of carbonyl (C=O) groups is 2. The van der Waals surface area contributed by atoms with Crippen LogP contribution in [-0.2, 0) is 10.0 Å². The Morgan fingerprint density at radius 1 is 1.05 bits per heavy atom. The number of thiophene rings is 1. The molecule has 0 bridgehead atoms. The van der Waals surface area contributed by atoms with Gasteiger partial charge in [0.15, 0.2) is 0 Å². The van der Waals surface area contributed by atoms with E-state index < -0.39 is 22.0 Å². The van der Waals surface area contributed by atoms with Gasteiger partial charge in [0.05, 0.1) is 28.3 Å². The first-order valence-electron chi connectivity index (χ1n) is 10.9. The molecule has 4 aromatic rings. The molecule has 0 atom stereocenters. The normalized spacial score (nSPS) is 10.5. The highest BCUT2D eigenvalue weighted by atomic mass is 35.5. The topological polar surface area (TPSA) is 139 Å². The van der Waals surface area contributed by atoms with Crippen LogP contribution in [0.3, 0.4) is 0 Å². The highest BCUT2D eigenvalue weighted by molar-refractivity contribution is 7.90. The van der Waals surface area contributed by atoms with E-state index in [1.807, 2.05) is 35.9 Å². The van der Waals surface area contributed by atoms with Crippen molar-refractivity contribution in [2.75, 3.05) is 18.1 Å². The Labute approximate surface area is 242 Å². The number of nitrogens with one attached hydrogen (secondary N) is 1. The molecule has 208 valence electrons. The first-order valence-corrected chi connectivity index (χ1v) is 13.5. The van der Waals surface area contributed by atoms with Gasteiger partial charge in [-0.25, -0.2) is 22.0 Å². The van der Waals surface area contributed by atoms with Crippen molar-refractivity contribution >= 4 is 69.9 Å². The molecule has 0 saturated heterocycles. The number of hydrogen-bond acceptors (Lipinski definition) is 7. The van der Waals surface area contributed by atoms with E-state index in [0.717, 1.165) is 28.4 Å². The molecule has 0 unspecified atom stereocenters. The molecule has 1 aromatic carbocycles. The Morgan fingerprint density at radius 3 is 2.23 bits per heavy atom.